The third-order valence-electron chi connectivity index (χ3n) is 4.11. The summed E-state index contributed by atoms with van der Waals surface area (Å²) in [7, 11) is 0. The Morgan fingerprint density at radius 1 is 1.29 bits per heavy atom. The largest absolute Gasteiger partial charge is 0.378 e. The molecule has 0 unspecified atom stereocenters. The fourth-order valence-electron chi connectivity index (χ4n) is 2.68. The number of nitrogens with zero attached hydrogens (tertiary/aromatic N) is 4. The van der Waals surface area contributed by atoms with Gasteiger partial charge < -0.3 is 20.3 Å². The van der Waals surface area contributed by atoms with E-state index in [1.165, 1.54) is 24.5 Å². The lowest BCUT2D eigenvalue weighted by atomic mass is 9.97. The highest BCUT2D eigenvalue weighted by molar-refractivity contribution is 6.04. The van der Waals surface area contributed by atoms with Gasteiger partial charge in [0.15, 0.2) is 0 Å². The molecule has 0 bridgehead atoms. The number of aromatic nitrogens is 3. The van der Waals surface area contributed by atoms with Crippen molar-refractivity contribution in [2.24, 2.45) is 5.41 Å². The highest BCUT2D eigenvalue weighted by Gasteiger charge is 2.19. The highest BCUT2D eigenvalue weighted by Crippen LogP contribution is 2.27. The minimum absolute atomic E-state index is 0.0501. The first kappa shape index (κ1) is 19.9. The first-order valence-electron chi connectivity index (χ1n) is 9.18. The maximum Gasteiger partial charge on any atom is 0.274 e. The summed E-state index contributed by atoms with van der Waals surface area (Å²) in [5.41, 5.74) is 1.26. The van der Waals surface area contributed by atoms with E-state index < -0.39 is 11.9 Å². The molecule has 1 aliphatic heterocycles. The van der Waals surface area contributed by atoms with E-state index >= 15 is 0 Å². The molecule has 1 amide bonds. The third kappa shape index (κ3) is 5.35. The van der Waals surface area contributed by atoms with E-state index in [0.717, 1.165) is 0 Å². The molecular formula is C19H25FN6O2. The minimum atomic E-state index is -0.602. The number of hydrogen-bond acceptors (Lipinski definition) is 7. The summed E-state index contributed by atoms with van der Waals surface area (Å²) in [5, 5.41) is 5.91. The molecule has 0 aromatic carbocycles. The number of carbonyl (C=O) groups is 1. The van der Waals surface area contributed by atoms with Crippen LogP contribution in [0.5, 0.6) is 0 Å². The first-order chi connectivity index (χ1) is 13.3. The number of morpholine rings is 1. The van der Waals surface area contributed by atoms with E-state index in [1.54, 1.807) is 0 Å². The van der Waals surface area contributed by atoms with Gasteiger partial charge in [0, 0.05) is 31.9 Å². The molecule has 3 heterocycles. The number of pyridine rings is 1. The predicted molar refractivity (Wildman–Crippen MR) is 105 cm³/mol. The maximum atomic E-state index is 13.7. The molecule has 0 aliphatic carbocycles. The van der Waals surface area contributed by atoms with E-state index in [4.69, 9.17) is 4.74 Å². The Morgan fingerprint density at radius 3 is 2.75 bits per heavy atom. The van der Waals surface area contributed by atoms with Crippen LogP contribution in [0.15, 0.2) is 24.5 Å². The topological polar surface area (TPSA) is 92.3 Å². The molecular weight excluding hydrogens is 363 g/mol. The smallest absolute Gasteiger partial charge is 0.274 e. The van der Waals surface area contributed by atoms with Crippen molar-refractivity contribution in [2.45, 2.75) is 20.8 Å². The van der Waals surface area contributed by atoms with Crippen molar-refractivity contribution in [1.82, 2.24) is 15.0 Å². The lowest BCUT2D eigenvalue weighted by molar-refractivity contribution is 0.102. The molecule has 150 valence electrons. The normalized spacial score (nSPS) is 14.6. The fourth-order valence-corrected chi connectivity index (χ4v) is 2.68. The van der Waals surface area contributed by atoms with Gasteiger partial charge in [-0.15, -0.1) is 0 Å². The predicted octanol–water partition coefficient (Wildman–Crippen LogP) is 2.56. The van der Waals surface area contributed by atoms with Crippen molar-refractivity contribution in [1.29, 1.82) is 0 Å². The van der Waals surface area contributed by atoms with Crippen LogP contribution >= 0.6 is 0 Å². The summed E-state index contributed by atoms with van der Waals surface area (Å²) in [4.78, 5) is 26.7. The molecule has 0 spiro atoms. The Bertz CT molecular complexity index is 833. The van der Waals surface area contributed by atoms with Crippen LogP contribution < -0.4 is 15.5 Å². The van der Waals surface area contributed by atoms with E-state index in [1.807, 2.05) is 4.90 Å². The van der Waals surface area contributed by atoms with Crippen molar-refractivity contribution in [3.8, 4) is 0 Å². The van der Waals surface area contributed by atoms with E-state index in [9.17, 15) is 9.18 Å². The van der Waals surface area contributed by atoms with Crippen molar-refractivity contribution in [3.63, 3.8) is 0 Å². The summed E-state index contributed by atoms with van der Waals surface area (Å²) < 4.78 is 19.0. The Balaban J connectivity index is 1.76. The number of halogens is 1. The SMILES string of the molecule is CC(C)(C)CNc1nccc(C(=O)Nc2cnc(F)cc2N2CCOCC2)n1. The monoisotopic (exact) mass is 388 g/mol. The van der Waals surface area contributed by atoms with Crippen LogP contribution in [0.1, 0.15) is 31.3 Å². The molecule has 9 heteroatoms. The Morgan fingerprint density at radius 2 is 2.04 bits per heavy atom. The van der Waals surface area contributed by atoms with Gasteiger partial charge in [0.05, 0.1) is 30.8 Å². The summed E-state index contributed by atoms with van der Waals surface area (Å²) >= 11 is 0. The Hall–Kier alpha value is -2.81. The number of carbonyl (C=O) groups excluding carboxylic acids is 1. The quantitative estimate of drug-likeness (QED) is 0.761. The molecule has 0 atom stereocenters. The van der Waals surface area contributed by atoms with E-state index in [-0.39, 0.29) is 11.1 Å². The molecule has 3 rings (SSSR count). The molecule has 0 saturated carbocycles. The molecule has 28 heavy (non-hydrogen) atoms. The van der Waals surface area contributed by atoms with Gasteiger partial charge in [-0.3, -0.25) is 4.79 Å². The molecule has 1 fully saturated rings. The number of rotatable bonds is 5. The Labute approximate surface area is 163 Å². The third-order valence-corrected chi connectivity index (χ3v) is 4.11. The second-order valence-corrected chi connectivity index (χ2v) is 7.76. The van der Waals surface area contributed by atoms with Crippen LogP contribution in [-0.4, -0.2) is 53.7 Å². The zero-order valence-electron chi connectivity index (χ0n) is 16.3. The zero-order valence-corrected chi connectivity index (χ0v) is 16.3. The molecule has 1 saturated heterocycles. The first-order valence-corrected chi connectivity index (χ1v) is 9.18. The summed E-state index contributed by atoms with van der Waals surface area (Å²) in [6.07, 6.45) is 2.84. The van der Waals surface area contributed by atoms with Gasteiger partial charge in [0.2, 0.25) is 11.9 Å². The summed E-state index contributed by atoms with van der Waals surface area (Å²) in [6, 6.07) is 2.85. The van der Waals surface area contributed by atoms with Crippen LogP contribution in [0, 0.1) is 11.4 Å². The average molecular weight is 388 g/mol. The van der Waals surface area contributed by atoms with Crippen molar-refractivity contribution >= 4 is 23.2 Å². The van der Waals surface area contributed by atoms with Crippen LogP contribution in [0.4, 0.5) is 21.7 Å². The number of nitrogens with one attached hydrogen (secondary N) is 2. The molecule has 1 aliphatic rings. The highest BCUT2D eigenvalue weighted by atomic mass is 19.1. The van der Waals surface area contributed by atoms with Crippen LogP contribution in [0.2, 0.25) is 0 Å². The molecule has 0 radical (unpaired) electrons. The van der Waals surface area contributed by atoms with E-state index in [2.05, 4.69) is 46.4 Å². The van der Waals surface area contributed by atoms with E-state index in [0.29, 0.717) is 50.2 Å². The second kappa shape index (κ2) is 8.47. The van der Waals surface area contributed by atoms with Gasteiger partial charge in [-0.05, 0) is 11.5 Å². The fraction of sp³-hybridized carbons (Fsp3) is 0.474. The second-order valence-electron chi connectivity index (χ2n) is 7.76. The number of anilines is 3. The minimum Gasteiger partial charge on any atom is -0.378 e. The molecule has 2 aromatic rings. The Kier molecular flexibility index (Phi) is 6.03. The molecule has 2 aromatic heterocycles. The summed E-state index contributed by atoms with van der Waals surface area (Å²) in [6.45, 7) is 9.25. The van der Waals surface area contributed by atoms with Gasteiger partial charge in [-0.2, -0.15) is 4.39 Å². The number of hydrogen-bond donors (Lipinski definition) is 2. The van der Waals surface area contributed by atoms with Gasteiger partial charge in [0.1, 0.15) is 5.69 Å². The molecule has 2 N–H and O–H groups in total. The van der Waals surface area contributed by atoms with Crippen LogP contribution in [0.25, 0.3) is 0 Å². The summed E-state index contributed by atoms with van der Waals surface area (Å²) in [5.74, 6) is -0.632. The van der Waals surface area contributed by atoms with Gasteiger partial charge in [-0.25, -0.2) is 15.0 Å². The lowest BCUT2D eigenvalue weighted by Gasteiger charge is -2.30. The number of ether oxygens (including phenoxy) is 1. The van der Waals surface area contributed by atoms with Crippen molar-refractivity contribution in [3.05, 3.63) is 36.2 Å². The van der Waals surface area contributed by atoms with Crippen molar-refractivity contribution in [2.75, 3.05) is 48.4 Å². The van der Waals surface area contributed by atoms with Gasteiger partial charge in [-0.1, -0.05) is 20.8 Å². The standard InChI is InChI=1S/C19H25FN6O2/c1-19(2,3)12-23-18-21-5-4-13(25-18)17(27)24-14-11-22-16(20)10-15(14)26-6-8-28-9-7-26/h4-5,10-11H,6-9,12H2,1-3H3,(H,24,27)(H,21,23,25). The van der Waals surface area contributed by atoms with Crippen molar-refractivity contribution < 1.29 is 13.9 Å². The number of amides is 1. The average Bonchev–Trinajstić information content (AvgIpc) is 2.68. The van der Waals surface area contributed by atoms with Gasteiger partial charge >= 0.3 is 0 Å². The van der Waals surface area contributed by atoms with Crippen LogP contribution in [0.3, 0.4) is 0 Å². The van der Waals surface area contributed by atoms with Gasteiger partial charge in [0.25, 0.3) is 5.91 Å². The maximum absolute atomic E-state index is 13.7. The molecule has 8 nitrogen and oxygen atoms in total. The lowest BCUT2D eigenvalue weighted by Crippen LogP contribution is -2.37. The zero-order chi connectivity index (χ0) is 20.1. The van der Waals surface area contributed by atoms with Crippen LogP contribution in [-0.2, 0) is 4.74 Å².